The summed E-state index contributed by atoms with van der Waals surface area (Å²) in [6, 6.07) is 2.03. The Morgan fingerprint density at radius 1 is 1.24 bits per heavy atom. The quantitative estimate of drug-likeness (QED) is 0.369. The largest absolute Gasteiger partial charge is 0.390 e. The first-order chi connectivity index (χ1) is 17.8. The molecule has 9 nitrogen and oxygen atoms in total. The van der Waals surface area contributed by atoms with Crippen LogP contribution in [0.25, 0.3) is 32.2 Å². The Bertz CT molecular complexity index is 1620. The van der Waals surface area contributed by atoms with E-state index in [4.69, 9.17) is 10.5 Å². The van der Waals surface area contributed by atoms with Gasteiger partial charge < -0.3 is 25.8 Å². The molecule has 1 fully saturated rings. The summed E-state index contributed by atoms with van der Waals surface area (Å²) in [5.74, 6) is -1.00. The molecule has 37 heavy (non-hydrogen) atoms. The van der Waals surface area contributed by atoms with Gasteiger partial charge in [0.15, 0.2) is 11.6 Å². The van der Waals surface area contributed by atoms with Gasteiger partial charge in [-0.3, -0.25) is 4.98 Å². The number of halogens is 2. The van der Waals surface area contributed by atoms with Crippen LogP contribution in [0.5, 0.6) is 0 Å². The number of β-amino-alcohol motifs (C(OH)–C–C–N with tert-alkyl or cyclic N) is 1. The molecule has 2 atom stereocenters. The van der Waals surface area contributed by atoms with Crippen LogP contribution < -0.4 is 16.0 Å². The number of nitrogens with one attached hydrogen (secondary N) is 1. The van der Waals surface area contributed by atoms with Crippen molar-refractivity contribution in [3.05, 3.63) is 40.7 Å². The van der Waals surface area contributed by atoms with E-state index in [1.807, 2.05) is 24.8 Å². The van der Waals surface area contributed by atoms with Crippen LogP contribution >= 0.6 is 11.3 Å². The zero-order valence-electron chi connectivity index (χ0n) is 20.0. The highest BCUT2D eigenvalue weighted by Crippen LogP contribution is 2.45. The van der Waals surface area contributed by atoms with Crippen LogP contribution in [0.2, 0.25) is 0 Å². The molecule has 0 saturated carbocycles. The van der Waals surface area contributed by atoms with Crippen LogP contribution in [-0.4, -0.2) is 51.3 Å². The van der Waals surface area contributed by atoms with Crippen molar-refractivity contribution in [3.63, 3.8) is 0 Å². The lowest BCUT2D eigenvalue weighted by Crippen LogP contribution is -2.42. The number of nitriles is 1. The zero-order chi connectivity index (χ0) is 26.0. The van der Waals surface area contributed by atoms with E-state index in [0.717, 1.165) is 23.1 Å². The van der Waals surface area contributed by atoms with E-state index in [9.17, 15) is 14.8 Å². The molecule has 0 bridgehead atoms. The number of nitrogens with zero attached hydrogens (tertiary/aromatic N) is 5. The molecule has 2 aliphatic heterocycles. The predicted octanol–water partition coefficient (Wildman–Crippen LogP) is 3.22. The summed E-state index contributed by atoms with van der Waals surface area (Å²) in [7, 11) is 0. The zero-order valence-corrected chi connectivity index (χ0v) is 20.9. The van der Waals surface area contributed by atoms with Gasteiger partial charge in [0.2, 0.25) is 5.95 Å². The molecule has 2 aliphatic rings. The smallest absolute Gasteiger partial charge is 0.226 e. The first-order valence-electron chi connectivity index (χ1n) is 11.8. The van der Waals surface area contributed by atoms with E-state index in [1.54, 1.807) is 6.20 Å². The van der Waals surface area contributed by atoms with Crippen molar-refractivity contribution < 1.29 is 18.6 Å². The summed E-state index contributed by atoms with van der Waals surface area (Å²) in [6.07, 6.45) is 1.96. The van der Waals surface area contributed by atoms with Gasteiger partial charge in [0.1, 0.15) is 16.6 Å². The first kappa shape index (κ1) is 23.9. The van der Waals surface area contributed by atoms with Crippen molar-refractivity contribution >= 4 is 43.3 Å². The lowest BCUT2D eigenvalue weighted by Gasteiger charge is -2.19. The average molecular weight is 524 g/mol. The summed E-state index contributed by atoms with van der Waals surface area (Å²) in [4.78, 5) is 15.1. The van der Waals surface area contributed by atoms with E-state index in [0.29, 0.717) is 24.0 Å². The van der Waals surface area contributed by atoms with Crippen LogP contribution in [0.1, 0.15) is 30.5 Å². The van der Waals surface area contributed by atoms with E-state index < -0.39 is 17.7 Å². The van der Waals surface area contributed by atoms with E-state index >= 15 is 4.39 Å². The van der Waals surface area contributed by atoms with Gasteiger partial charge in [-0.15, -0.1) is 11.3 Å². The number of nitrogen functional groups attached to an aromatic ring is 1. The average Bonchev–Trinajstić information content (AvgIpc) is 3.57. The van der Waals surface area contributed by atoms with Crippen LogP contribution in [0, 0.1) is 23.0 Å². The fourth-order valence-electron chi connectivity index (χ4n) is 5.23. The second-order valence-corrected chi connectivity index (χ2v) is 10.6. The van der Waals surface area contributed by atoms with Crippen molar-refractivity contribution in [1.82, 2.24) is 20.3 Å². The molecular weight excluding hydrogens is 500 g/mol. The Hall–Kier alpha value is -3.50. The molecule has 0 radical (unpaired) electrons. The molecular formula is C25H23F2N7O2S. The molecule has 4 aromatic rings. The Morgan fingerprint density at radius 2 is 2.03 bits per heavy atom. The third-order valence-corrected chi connectivity index (χ3v) is 7.88. The van der Waals surface area contributed by atoms with Gasteiger partial charge in [0.25, 0.3) is 0 Å². The fourth-order valence-corrected chi connectivity index (χ4v) is 6.15. The molecule has 1 aromatic carbocycles. The highest BCUT2D eigenvalue weighted by molar-refractivity contribution is 7.23. The third kappa shape index (κ3) is 3.69. The fraction of sp³-hybridized carbons (Fsp3) is 0.360. The number of pyridine rings is 1. The molecule has 4 N–H and O–H groups in total. The number of hydrogen-bond acceptors (Lipinski definition) is 10. The van der Waals surface area contributed by atoms with Crippen LogP contribution in [0.15, 0.2) is 12.4 Å². The number of rotatable bonds is 4. The summed E-state index contributed by atoms with van der Waals surface area (Å²) in [5, 5.41) is 24.4. The second-order valence-electron chi connectivity index (χ2n) is 9.58. The Labute approximate surface area is 214 Å². The number of aliphatic hydroxyl groups is 1. The molecule has 6 rings (SSSR count). The summed E-state index contributed by atoms with van der Waals surface area (Å²) < 4.78 is 36.8. The standard InChI is InChI=1S/C25H23F2N7O2S/c1-10(2)32-16-6-34(7-17(16)35)25-31-4-12-13-8-36-9-14(13)18(20(27)21(12)33-25)22-19-11(3-28)24(29)37-23(19)15(26)5-30-22/h4-5,10,16-17,32,35H,6-9,29H2,1-2H3/t16-,17+/m0/s1. The SMILES string of the molecule is CC(C)N[C@H]1CN(c2ncc3c4c(c(-c5ncc(F)c6sc(N)c(C#N)c56)c(F)c3n2)COC4)C[C@H]1O. The minimum atomic E-state index is -0.659. The molecule has 0 aliphatic carbocycles. The molecule has 5 heterocycles. The number of thiophene rings is 1. The molecule has 0 unspecified atom stereocenters. The number of nitrogens with two attached hydrogens (primary N) is 1. The van der Waals surface area contributed by atoms with Crippen molar-refractivity contribution in [1.29, 1.82) is 5.26 Å². The van der Waals surface area contributed by atoms with Crippen molar-refractivity contribution in [2.24, 2.45) is 0 Å². The second kappa shape index (κ2) is 8.81. The monoisotopic (exact) mass is 523 g/mol. The summed E-state index contributed by atoms with van der Waals surface area (Å²) in [6.45, 7) is 5.13. The number of benzene rings is 1. The number of aromatic nitrogens is 3. The molecule has 3 aromatic heterocycles. The Balaban J connectivity index is 1.55. The topological polar surface area (TPSA) is 133 Å². The number of fused-ring (bicyclic) bond motifs is 4. The van der Waals surface area contributed by atoms with Gasteiger partial charge in [-0.25, -0.2) is 18.7 Å². The van der Waals surface area contributed by atoms with Crippen LogP contribution in [0.3, 0.4) is 0 Å². The molecule has 190 valence electrons. The van der Waals surface area contributed by atoms with E-state index in [2.05, 4.69) is 20.3 Å². The minimum absolute atomic E-state index is 0.0623. The first-order valence-corrected chi connectivity index (χ1v) is 12.6. The molecule has 0 spiro atoms. The van der Waals surface area contributed by atoms with Gasteiger partial charge >= 0.3 is 0 Å². The van der Waals surface area contributed by atoms with Gasteiger partial charge in [0.05, 0.1) is 47.5 Å². The number of hydrogen-bond donors (Lipinski definition) is 3. The van der Waals surface area contributed by atoms with Crippen molar-refractivity contribution in [3.8, 4) is 17.3 Å². The number of anilines is 2. The minimum Gasteiger partial charge on any atom is -0.390 e. The van der Waals surface area contributed by atoms with Crippen LogP contribution in [-0.2, 0) is 18.0 Å². The number of ether oxygens (including phenoxy) is 1. The van der Waals surface area contributed by atoms with Crippen molar-refractivity contribution in [2.75, 3.05) is 23.7 Å². The van der Waals surface area contributed by atoms with Gasteiger partial charge in [-0.2, -0.15) is 5.26 Å². The highest BCUT2D eigenvalue weighted by atomic mass is 32.1. The maximum absolute atomic E-state index is 16.4. The lowest BCUT2D eigenvalue weighted by atomic mass is 9.94. The molecule has 0 amide bonds. The highest BCUT2D eigenvalue weighted by Gasteiger charge is 2.34. The van der Waals surface area contributed by atoms with E-state index in [1.165, 1.54) is 0 Å². The van der Waals surface area contributed by atoms with E-state index in [-0.39, 0.29) is 68.7 Å². The van der Waals surface area contributed by atoms with Gasteiger partial charge in [-0.1, -0.05) is 13.8 Å². The lowest BCUT2D eigenvalue weighted by molar-refractivity contribution is 0.135. The maximum atomic E-state index is 16.4. The third-order valence-electron chi connectivity index (χ3n) is 6.85. The van der Waals surface area contributed by atoms with Gasteiger partial charge in [0, 0.05) is 41.7 Å². The van der Waals surface area contributed by atoms with Gasteiger partial charge in [-0.05, 0) is 11.1 Å². The summed E-state index contributed by atoms with van der Waals surface area (Å²) >= 11 is 0.930. The van der Waals surface area contributed by atoms with Crippen LogP contribution in [0.4, 0.5) is 19.7 Å². The predicted molar refractivity (Wildman–Crippen MR) is 136 cm³/mol. The molecule has 12 heteroatoms. The Kier molecular flexibility index (Phi) is 5.68. The Morgan fingerprint density at radius 3 is 2.78 bits per heavy atom. The normalized spacial score (nSPS) is 19.3. The van der Waals surface area contributed by atoms with Crippen molar-refractivity contribution in [2.45, 2.75) is 45.2 Å². The summed E-state index contributed by atoms with van der Waals surface area (Å²) in [5.41, 5.74) is 7.65. The number of aliphatic hydroxyl groups excluding tert-OH is 1. The maximum Gasteiger partial charge on any atom is 0.226 e. The molecule has 1 saturated heterocycles.